The van der Waals surface area contributed by atoms with Gasteiger partial charge in [0.2, 0.25) is 0 Å². The summed E-state index contributed by atoms with van der Waals surface area (Å²) in [7, 11) is 1.73. The van der Waals surface area contributed by atoms with E-state index in [1.165, 1.54) is 11.1 Å². The van der Waals surface area contributed by atoms with Gasteiger partial charge in [-0.05, 0) is 23.8 Å². The number of benzene rings is 2. The molecule has 22 heavy (non-hydrogen) atoms. The molecule has 1 saturated heterocycles. The summed E-state index contributed by atoms with van der Waals surface area (Å²) >= 11 is 6.23. The fourth-order valence-corrected chi connectivity index (χ4v) is 3.30. The third kappa shape index (κ3) is 3.27. The van der Waals surface area contributed by atoms with Gasteiger partial charge in [0.1, 0.15) is 5.75 Å². The van der Waals surface area contributed by atoms with Gasteiger partial charge in [0.15, 0.2) is 0 Å². The van der Waals surface area contributed by atoms with Crippen molar-refractivity contribution in [2.75, 3.05) is 33.3 Å². The SMILES string of the molecule is COc1ccccc1C(c1cccc(Cl)c1)N1CCNCC1. The van der Waals surface area contributed by atoms with Crippen LogP contribution in [0.25, 0.3) is 0 Å². The Bertz CT molecular complexity index is 626. The Morgan fingerprint density at radius 2 is 1.86 bits per heavy atom. The smallest absolute Gasteiger partial charge is 0.123 e. The zero-order valence-corrected chi connectivity index (χ0v) is 13.5. The van der Waals surface area contributed by atoms with Crippen LogP contribution in [0.3, 0.4) is 0 Å². The number of piperazine rings is 1. The number of nitrogens with one attached hydrogen (secondary N) is 1. The van der Waals surface area contributed by atoms with Crippen molar-refractivity contribution in [3.63, 3.8) is 0 Å². The van der Waals surface area contributed by atoms with E-state index in [-0.39, 0.29) is 6.04 Å². The summed E-state index contributed by atoms with van der Waals surface area (Å²) in [5.41, 5.74) is 2.40. The van der Waals surface area contributed by atoms with E-state index in [9.17, 15) is 0 Å². The first-order valence-electron chi connectivity index (χ1n) is 7.63. The van der Waals surface area contributed by atoms with E-state index < -0.39 is 0 Å². The second-order valence-corrected chi connectivity index (χ2v) is 5.92. The van der Waals surface area contributed by atoms with Crippen LogP contribution in [0.4, 0.5) is 0 Å². The van der Waals surface area contributed by atoms with E-state index in [4.69, 9.17) is 16.3 Å². The molecule has 3 nitrogen and oxygen atoms in total. The molecule has 1 heterocycles. The van der Waals surface area contributed by atoms with Gasteiger partial charge in [-0.1, -0.05) is 41.9 Å². The fourth-order valence-electron chi connectivity index (χ4n) is 3.10. The largest absolute Gasteiger partial charge is 0.496 e. The predicted molar refractivity (Wildman–Crippen MR) is 90.7 cm³/mol. The minimum Gasteiger partial charge on any atom is -0.496 e. The van der Waals surface area contributed by atoms with Gasteiger partial charge in [-0.2, -0.15) is 0 Å². The average molecular weight is 317 g/mol. The molecular weight excluding hydrogens is 296 g/mol. The summed E-state index contributed by atoms with van der Waals surface area (Å²) in [5.74, 6) is 0.922. The van der Waals surface area contributed by atoms with Gasteiger partial charge in [-0.15, -0.1) is 0 Å². The van der Waals surface area contributed by atoms with Crippen molar-refractivity contribution >= 4 is 11.6 Å². The van der Waals surface area contributed by atoms with Gasteiger partial charge in [-0.3, -0.25) is 4.90 Å². The summed E-state index contributed by atoms with van der Waals surface area (Å²) < 4.78 is 5.59. The van der Waals surface area contributed by atoms with Crippen LogP contribution in [0.1, 0.15) is 17.2 Å². The van der Waals surface area contributed by atoms with Crippen molar-refractivity contribution < 1.29 is 4.74 Å². The van der Waals surface area contributed by atoms with E-state index in [0.717, 1.165) is 37.0 Å². The van der Waals surface area contributed by atoms with Gasteiger partial charge in [0, 0.05) is 36.8 Å². The number of halogens is 1. The molecular formula is C18H21ClN2O. The molecule has 0 amide bonds. The van der Waals surface area contributed by atoms with E-state index in [1.54, 1.807) is 7.11 Å². The molecule has 0 bridgehead atoms. The van der Waals surface area contributed by atoms with Crippen LogP contribution in [-0.4, -0.2) is 38.2 Å². The van der Waals surface area contributed by atoms with Crippen LogP contribution in [0.2, 0.25) is 5.02 Å². The van der Waals surface area contributed by atoms with Crippen LogP contribution >= 0.6 is 11.6 Å². The Kier molecular flexibility index (Phi) is 4.98. The lowest BCUT2D eigenvalue weighted by Gasteiger charge is -2.36. The number of hydrogen-bond acceptors (Lipinski definition) is 3. The number of rotatable bonds is 4. The fraction of sp³-hybridized carbons (Fsp3) is 0.333. The highest BCUT2D eigenvalue weighted by Crippen LogP contribution is 2.35. The molecule has 0 spiro atoms. The molecule has 2 aromatic rings. The molecule has 4 heteroatoms. The lowest BCUT2D eigenvalue weighted by Crippen LogP contribution is -2.45. The zero-order chi connectivity index (χ0) is 15.4. The first-order chi connectivity index (χ1) is 10.8. The van der Waals surface area contributed by atoms with Crippen molar-refractivity contribution in [1.29, 1.82) is 0 Å². The zero-order valence-electron chi connectivity index (χ0n) is 12.8. The first-order valence-corrected chi connectivity index (χ1v) is 8.00. The minimum absolute atomic E-state index is 0.164. The normalized spacial score (nSPS) is 17.2. The third-order valence-electron chi connectivity index (χ3n) is 4.11. The molecule has 1 N–H and O–H groups in total. The monoisotopic (exact) mass is 316 g/mol. The van der Waals surface area contributed by atoms with Crippen molar-refractivity contribution in [2.24, 2.45) is 0 Å². The Hall–Kier alpha value is -1.55. The Labute approximate surface area is 136 Å². The highest BCUT2D eigenvalue weighted by molar-refractivity contribution is 6.30. The summed E-state index contributed by atoms with van der Waals surface area (Å²) in [4.78, 5) is 2.49. The summed E-state index contributed by atoms with van der Waals surface area (Å²) in [6.45, 7) is 4.03. The standard InChI is InChI=1S/C18H21ClN2O/c1-22-17-8-3-2-7-16(17)18(21-11-9-20-10-12-21)14-5-4-6-15(19)13-14/h2-8,13,18,20H,9-12H2,1H3. The van der Waals surface area contributed by atoms with Gasteiger partial charge < -0.3 is 10.1 Å². The average Bonchev–Trinajstić information content (AvgIpc) is 2.57. The van der Waals surface area contributed by atoms with E-state index in [0.29, 0.717) is 0 Å². The van der Waals surface area contributed by atoms with Crippen LogP contribution < -0.4 is 10.1 Å². The molecule has 116 valence electrons. The lowest BCUT2D eigenvalue weighted by atomic mass is 9.95. The maximum atomic E-state index is 6.23. The molecule has 2 aromatic carbocycles. The molecule has 0 saturated carbocycles. The topological polar surface area (TPSA) is 24.5 Å². The summed E-state index contributed by atoms with van der Waals surface area (Å²) in [6.07, 6.45) is 0. The molecule has 0 radical (unpaired) electrons. The summed E-state index contributed by atoms with van der Waals surface area (Å²) in [6, 6.07) is 16.5. The van der Waals surface area contributed by atoms with Crippen LogP contribution in [-0.2, 0) is 0 Å². The number of methoxy groups -OCH3 is 1. The molecule has 3 rings (SSSR count). The molecule has 1 unspecified atom stereocenters. The van der Waals surface area contributed by atoms with Crippen molar-refractivity contribution in [1.82, 2.24) is 10.2 Å². The van der Waals surface area contributed by atoms with Gasteiger partial charge in [0.05, 0.1) is 13.2 Å². The molecule has 0 aliphatic carbocycles. The molecule has 1 aliphatic heterocycles. The first kappa shape index (κ1) is 15.3. The Balaban J connectivity index is 2.05. The van der Waals surface area contributed by atoms with Crippen molar-refractivity contribution in [2.45, 2.75) is 6.04 Å². The minimum atomic E-state index is 0.164. The van der Waals surface area contributed by atoms with Crippen molar-refractivity contribution in [3.8, 4) is 5.75 Å². The van der Waals surface area contributed by atoms with E-state index >= 15 is 0 Å². The van der Waals surface area contributed by atoms with E-state index in [2.05, 4.69) is 34.5 Å². The van der Waals surface area contributed by atoms with Gasteiger partial charge in [-0.25, -0.2) is 0 Å². The molecule has 0 aromatic heterocycles. The second-order valence-electron chi connectivity index (χ2n) is 5.49. The Morgan fingerprint density at radius 3 is 2.59 bits per heavy atom. The van der Waals surface area contributed by atoms with Crippen LogP contribution in [0.5, 0.6) is 5.75 Å². The highest BCUT2D eigenvalue weighted by Gasteiger charge is 2.26. The number of ether oxygens (including phenoxy) is 1. The van der Waals surface area contributed by atoms with Crippen LogP contribution in [0.15, 0.2) is 48.5 Å². The number of hydrogen-bond donors (Lipinski definition) is 1. The quantitative estimate of drug-likeness (QED) is 0.936. The molecule has 1 atom stereocenters. The van der Waals surface area contributed by atoms with Crippen LogP contribution in [0, 0.1) is 0 Å². The van der Waals surface area contributed by atoms with E-state index in [1.807, 2.05) is 24.3 Å². The highest BCUT2D eigenvalue weighted by atomic mass is 35.5. The summed E-state index contributed by atoms with van der Waals surface area (Å²) in [5, 5.41) is 4.18. The number of para-hydroxylation sites is 1. The lowest BCUT2D eigenvalue weighted by molar-refractivity contribution is 0.195. The second kappa shape index (κ2) is 7.14. The van der Waals surface area contributed by atoms with Crippen molar-refractivity contribution in [3.05, 3.63) is 64.7 Å². The predicted octanol–water partition coefficient (Wildman–Crippen LogP) is 3.34. The van der Waals surface area contributed by atoms with Gasteiger partial charge >= 0.3 is 0 Å². The molecule has 1 fully saturated rings. The van der Waals surface area contributed by atoms with Gasteiger partial charge in [0.25, 0.3) is 0 Å². The number of nitrogens with zero attached hydrogens (tertiary/aromatic N) is 1. The molecule has 1 aliphatic rings. The Morgan fingerprint density at radius 1 is 1.09 bits per heavy atom. The third-order valence-corrected chi connectivity index (χ3v) is 4.35. The maximum absolute atomic E-state index is 6.23. The maximum Gasteiger partial charge on any atom is 0.123 e.